The van der Waals surface area contributed by atoms with Gasteiger partial charge in [-0.25, -0.2) is 0 Å². The maximum Gasteiger partial charge on any atom is 0.217 e. The summed E-state index contributed by atoms with van der Waals surface area (Å²) >= 11 is 0. The van der Waals surface area contributed by atoms with Crippen molar-refractivity contribution < 1.29 is 14.0 Å². The number of likely N-dealkylation sites (tertiary alicyclic amines) is 1. The van der Waals surface area contributed by atoms with Gasteiger partial charge in [-0.15, -0.1) is 0 Å². The molecule has 1 N–H and O–H groups in total. The monoisotopic (exact) mass is 376 g/mol. The second-order valence-electron chi connectivity index (χ2n) is 8.69. The third-order valence-corrected chi connectivity index (χ3v) is 10.1. The van der Waals surface area contributed by atoms with E-state index in [1.54, 1.807) is 0 Å². The lowest BCUT2D eigenvalue weighted by Gasteiger charge is -2.40. The molecular weight excluding hydrogens is 344 g/mol. The first kappa shape index (κ1) is 20.8. The van der Waals surface area contributed by atoms with E-state index >= 15 is 0 Å². The summed E-state index contributed by atoms with van der Waals surface area (Å²) in [7, 11) is -2.08. The Morgan fingerprint density at radius 3 is 2.42 bits per heavy atom. The molecule has 0 unspecified atom stereocenters. The molecule has 1 amide bonds. The fraction of sp³-hybridized carbons (Fsp3) is 0.600. The summed E-state index contributed by atoms with van der Waals surface area (Å²) < 4.78 is 6.60. The van der Waals surface area contributed by atoms with Crippen LogP contribution in [0.15, 0.2) is 30.3 Å². The Kier molecular flexibility index (Phi) is 6.42. The summed E-state index contributed by atoms with van der Waals surface area (Å²) in [5, 5.41) is 3.04. The second kappa shape index (κ2) is 8.02. The van der Waals surface area contributed by atoms with E-state index in [0.717, 1.165) is 11.8 Å². The molecule has 0 aliphatic carbocycles. The number of nitrogens with zero attached hydrogens (tertiary/aromatic N) is 1. The number of hydrogen-bond donors (Lipinski definition) is 1. The molecule has 3 atom stereocenters. The Labute approximate surface area is 158 Å². The molecule has 0 aromatic heterocycles. The summed E-state index contributed by atoms with van der Waals surface area (Å²) in [5.41, 5.74) is 1.15. The fourth-order valence-corrected chi connectivity index (χ4v) is 4.47. The number of carbonyl (C=O) groups is 2. The van der Waals surface area contributed by atoms with Gasteiger partial charge in [-0.3, -0.25) is 9.69 Å². The number of carbonyl (C=O) groups excluding carboxylic acids is 2. The SMILES string of the molecule is CC(=O)N[C@H]1CN(Cc2ccccc2)[C@@H](C=O)[C@@H]1O[Si](C)(C)C(C)(C)C. The average molecular weight is 377 g/mol. The molecule has 5 nitrogen and oxygen atoms in total. The number of rotatable bonds is 6. The number of amides is 1. The van der Waals surface area contributed by atoms with Gasteiger partial charge in [0.05, 0.1) is 18.2 Å². The molecule has 1 aromatic rings. The minimum Gasteiger partial charge on any atom is -0.410 e. The summed E-state index contributed by atoms with van der Waals surface area (Å²) in [6.07, 6.45) is 0.656. The van der Waals surface area contributed by atoms with Gasteiger partial charge in [0, 0.05) is 20.0 Å². The molecule has 26 heavy (non-hydrogen) atoms. The summed E-state index contributed by atoms with van der Waals surface area (Å²) in [6, 6.07) is 9.54. The Balaban J connectivity index is 2.26. The van der Waals surface area contributed by atoms with Crippen LogP contribution in [0.1, 0.15) is 33.3 Å². The van der Waals surface area contributed by atoms with Crippen LogP contribution in [0.25, 0.3) is 0 Å². The van der Waals surface area contributed by atoms with Crippen LogP contribution >= 0.6 is 0 Å². The predicted molar refractivity (Wildman–Crippen MR) is 106 cm³/mol. The number of hydrogen-bond acceptors (Lipinski definition) is 4. The molecule has 1 fully saturated rings. The number of aldehydes is 1. The van der Waals surface area contributed by atoms with Crippen molar-refractivity contribution in [3.63, 3.8) is 0 Å². The smallest absolute Gasteiger partial charge is 0.217 e. The van der Waals surface area contributed by atoms with Crippen molar-refractivity contribution in [2.75, 3.05) is 6.54 Å². The van der Waals surface area contributed by atoms with Crippen LogP contribution in [-0.4, -0.2) is 50.1 Å². The van der Waals surface area contributed by atoms with Gasteiger partial charge in [0.15, 0.2) is 8.32 Å². The predicted octanol–water partition coefficient (Wildman–Crippen LogP) is 2.96. The fourth-order valence-electron chi connectivity index (χ4n) is 3.13. The van der Waals surface area contributed by atoms with Crippen molar-refractivity contribution >= 4 is 20.5 Å². The third-order valence-electron chi connectivity index (χ3n) is 5.58. The van der Waals surface area contributed by atoms with E-state index in [2.05, 4.69) is 56.2 Å². The Hall–Kier alpha value is -1.50. The zero-order chi connectivity index (χ0) is 19.5. The molecule has 2 rings (SSSR count). The summed E-state index contributed by atoms with van der Waals surface area (Å²) in [4.78, 5) is 25.8. The van der Waals surface area contributed by atoms with Crippen molar-refractivity contribution in [1.82, 2.24) is 10.2 Å². The summed E-state index contributed by atoms with van der Waals surface area (Å²) in [5.74, 6) is -0.0926. The van der Waals surface area contributed by atoms with Crippen LogP contribution in [0.2, 0.25) is 18.1 Å². The minimum atomic E-state index is -2.08. The van der Waals surface area contributed by atoms with Crippen LogP contribution in [0.5, 0.6) is 0 Å². The second-order valence-corrected chi connectivity index (χ2v) is 13.4. The Morgan fingerprint density at radius 2 is 1.92 bits per heavy atom. The minimum absolute atomic E-state index is 0.0358. The van der Waals surface area contributed by atoms with E-state index < -0.39 is 8.32 Å². The standard InChI is InChI=1S/C20H32N2O3Si/c1-15(24)21-17-13-22(12-16-10-8-7-9-11-16)18(14-23)19(17)25-26(5,6)20(2,3)4/h7-11,14,17-19H,12-13H2,1-6H3,(H,21,24)/t17-,18-,19+/m0/s1. The van der Waals surface area contributed by atoms with E-state index in [-0.39, 0.29) is 29.1 Å². The van der Waals surface area contributed by atoms with E-state index in [0.29, 0.717) is 13.1 Å². The van der Waals surface area contributed by atoms with Crippen LogP contribution in [0.4, 0.5) is 0 Å². The zero-order valence-electron chi connectivity index (χ0n) is 16.8. The van der Waals surface area contributed by atoms with Gasteiger partial charge in [0.2, 0.25) is 5.91 Å². The van der Waals surface area contributed by atoms with E-state index in [1.165, 1.54) is 6.92 Å². The summed E-state index contributed by atoms with van der Waals surface area (Å²) in [6.45, 7) is 13.7. The highest BCUT2D eigenvalue weighted by Crippen LogP contribution is 2.39. The van der Waals surface area contributed by atoms with Gasteiger partial charge >= 0.3 is 0 Å². The first-order valence-corrected chi connectivity index (χ1v) is 12.1. The van der Waals surface area contributed by atoms with Gasteiger partial charge in [-0.2, -0.15) is 0 Å². The molecule has 1 saturated heterocycles. The molecule has 0 bridgehead atoms. The molecule has 0 spiro atoms. The number of nitrogens with one attached hydrogen (secondary N) is 1. The van der Waals surface area contributed by atoms with Gasteiger partial charge in [0.25, 0.3) is 0 Å². The zero-order valence-corrected chi connectivity index (χ0v) is 17.8. The molecule has 1 heterocycles. The Bertz CT molecular complexity index is 628. The molecule has 0 saturated carbocycles. The molecular formula is C20H32N2O3Si. The van der Waals surface area contributed by atoms with Crippen LogP contribution < -0.4 is 5.32 Å². The number of benzene rings is 1. The van der Waals surface area contributed by atoms with Crippen molar-refractivity contribution in [1.29, 1.82) is 0 Å². The highest BCUT2D eigenvalue weighted by Gasteiger charge is 2.48. The van der Waals surface area contributed by atoms with E-state index in [1.807, 2.05) is 18.2 Å². The van der Waals surface area contributed by atoms with Crippen LogP contribution in [0, 0.1) is 0 Å². The maximum atomic E-state index is 12.0. The molecule has 1 aliphatic rings. The van der Waals surface area contributed by atoms with Gasteiger partial charge < -0.3 is 14.5 Å². The lowest BCUT2D eigenvalue weighted by Crippen LogP contribution is -2.53. The lowest BCUT2D eigenvalue weighted by molar-refractivity contribution is -0.120. The molecule has 1 aromatic carbocycles. The van der Waals surface area contributed by atoms with Crippen LogP contribution in [-0.2, 0) is 20.6 Å². The molecule has 6 heteroatoms. The normalized spacial score (nSPS) is 24.5. The lowest BCUT2D eigenvalue weighted by atomic mass is 10.1. The third kappa shape index (κ3) is 4.81. The average Bonchev–Trinajstić information content (AvgIpc) is 2.82. The van der Waals surface area contributed by atoms with Gasteiger partial charge in [-0.1, -0.05) is 51.1 Å². The van der Waals surface area contributed by atoms with Gasteiger partial charge in [0.1, 0.15) is 6.29 Å². The van der Waals surface area contributed by atoms with E-state index in [9.17, 15) is 9.59 Å². The van der Waals surface area contributed by atoms with Crippen molar-refractivity contribution in [3.8, 4) is 0 Å². The van der Waals surface area contributed by atoms with Crippen LogP contribution in [0.3, 0.4) is 0 Å². The van der Waals surface area contributed by atoms with E-state index in [4.69, 9.17) is 4.43 Å². The van der Waals surface area contributed by atoms with Crippen molar-refractivity contribution in [2.45, 2.75) is 70.6 Å². The molecule has 0 radical (unpaired) electrons. The maximum absolute atomic E-state index is 12.0. The quantitative estimate of drug-likeness (QED) is 0.612. The van der Waals surface area contributed by atoms with Crippen molar-refractivity contribution in [2.24, 2.45) is 0 Å². The topological polar surface area (TPSA) is 58.6 Å². The first-order valence-electron chi connectivity index (χ1n) is 9.23. The highest BCUT2D eigenvalue weighted by atomic mass is 28.4. The largest absolute Gasteiger partial charge is 0.410 e. The highest BCUT2D eigenvalue weighted by molar-refractivity contribution is 6.74. The van der Waals surface area contributed by atoms with Gasteiger partial charge in [-0.05, 0) is 23.7 Å². The Morgan fingerprint density at radius 1 is 1.31 bits per heavy atom. The molecule has 1 aliphatic heterocycles. The first-order chi connectivity index (χ1) is 12.0. The van der Waals surface area contributed by atoms with Crippen molar-refractivity contribution in [3.05, 3.63) is 35.9 Å². The molecule has 144 valence electrons.